The quantitative estimate of drug-likeness (QED) is 0.625. The van der Waals surface area contributed by atoms with Crippen LogP contribution in [0.2, 0.25) is 0 Å². The van der Waals surface area contributed by atoms with Crippen molar-refractivity contribution in [2.45, 2.75) is 59.5 Å². The molecule has 0 saturated heterocycles. The van der Waals surface area contributed by atoms with Crippen LogP contribution in [-0.4, -0.2) is 49.1 Å². The molecule has 0 aliphatic carbocycles. The normalized spacial score (nSPS) is 13.1. The summed E-state index contributed by atoms with van der Waals surface area (Å²) in [5.74, 6) is 0.0963. The highest BCUT2D eigenvalue weighted by molar-refractivity contribution is 5.78. The van der Waals surface area contributed by atoms with Gasteiger partial charge in [0.2, 0.25) is 5.91 Å². The molecule has 18 heavy (non-hydrogen) atoms. The van der Waals surface area contributed by atoms with Crippen LogP contribution in [0.25, 0.3) is 0 Å². The molecule has 4 nitrogen and oxygen atoms in total. The van der Waals surface area contributed by atoms with Crippen molar-refractivity contribution in [3.63, 3.8) is 0 Å². The highest BCUT2D eigenvalue weighted by Crippen LogP contribution is 1.99. The molecule has 0 heterocycles. The van der Waals surface area contributed by atoms with Crippen molar-refractivity contribution in [3.05, 3.63) is 0 Å². The number of nitrogens with zero attached hydrogens (tertiary/aromatic N) is 1. The average molecular weight is 257 g/mol. The third-order valence-corrected chi connectivity index (χ3v) is 3.08. The maximum Gasteiger partial charge on any atom is 0.234 e. The molecular weight excluding hydrogens is 226 g/mol. The third kappa shape index (κ3) is 9.42. The second kappa shape index (κ2) is 10.3. The molecule has 0 spiro atoms. The fraction of sp³-hybridized carbons (Fsp3) is 0.929. The number of amides is 1. The maximum atomic E-state index is 11.6. The SMILES string of the molecule is CCN(CC)CCCC(C)NC(=O)CNC(C)C. The Morgan fingerprint density at radius 3 is 2.28 bits per heavy atom. The minimum Gasteiger partial charge on any atom is -0.353 e. The summed E-state index contributed by atoms with van der Waals surface area (Å²) in [7, 11) is 0. The van der Waals surface area contributed by atoms with E-state index in [4.69, 9.17) is 0 Å². The van der Waals surface area contributed by atoms with Crippen molar-refractivity contribution >= 4 is 5.91 Å². The van der Waals surface area contributed by atoms with Gasteiger partial charge in [0.05, 0.1) is 6.54 Å². The van der Waals surface area contributed by atoms with E-state index in [1.165, 1.54) is 0 Å². The van der Waals surface area contributed by atoms with Crippen LogP contribution in [0.4, 0.5) is 0 Å². The lowest BCUT2D eigenvalue weighted by molar-refractivity contribution is -0.121. The molecular formula is C14H31N3O. The zero-order valence-corrected chi connectivity index (χ0v) is 12.8. The molecule has 0 fully saturated rings. The van der Waals surface area contributed by atoms with Gasteiger partial charge in [0, 0.05) is 12.1 Å². The molecule has 0 aromatic heterocycles. The van der Waals surface area contributed by atoms with Gasteiger partial charge in [-0.15, -0.1) is 0 Å². The molecule has 0 bridgehead atoms. The van der Waals surface area contributed by atoms with Gasteiger partial charge in [-0.05, 0) is 39.4 Å². The van der Waals surface area contributed by atoms with Crippen LogP contribution in [-0.2, 0) is 4.79 Å². The molecule has 1 atom stereocenters. The second-order valence-corrected chi connectivity index (χ2v) is 5.17. The molecule has 1 unspecified atom stereocenters. The smallest absolute Gasteiger partial charge is 0.234 e. The molecule has 0 rings (SSSR count). The van der Waals surface area contributed by atoms with Crippen LogP contribution in [0.1, 0.15) is 47.5 Å². The van der Waals surface area contributed by atoms with Crippen LogP contribution in [0, 0.1) is 0 Å². The Kier molecular flexibility index (Phi) is 9.98. The first-order valence-corrected chi connectivity index (χ1v) is 7.24. The van der Waals surface area contributed by atoms with Crippen molar-refractivity contribution in [1.29, 1.82) is 0 Å². The van der Waals surface area contributed by atoms with Gasteiger partial charge < -0.3 is 15.5 Å². The standard InChI is InChI=1S/C14H31N3O/c1-6-17(7-2)10-8-9-13(5)16-14(18)11-15-12(3)4/h12-13,15H,6-11H2,1-5H3,(H,16,18). The number of hydrogen-bond acceptors (Lipinski definition) is 3. The third-order valence-electron chi connectivity index (χ3n) is 3.08. The van der Waals surface area contributed by atoms with E-state index in [0.717, 1.165) is 32.5 Å². The predicted octanol–water partition coefficient (Wildman–Crippen LogP) is 1.61. The van der Waals surface area contributed by atoms with Crippen LogP contribution in [0.3, 0.4) is 0 Å². The first-order valence-electron chi connectivity index (χ1n) is 7.24. The molecule has 0 aliphatic rings. The van der Waals surface area contributed by atoms with Gasteiger partial charge in [0.1, 0.15) is 0 Å². The van der Waals surface area contributed by atoms with E-state index in [9.17, 15) is 4.79 Å². The topological polar surface area (TPSA) is 44.4 Å². The summed E-state index contributed by atoms with van der Waals surface area (Å²) in [4.78, 5) is 14.0. The van der Waals surface area contributed by atoms with Crippen LogP contribution < -0.4 is 10.6 Å². The first-order chi connectivity index (χ1) is 8.49. The highest BCUT2D eigenvalue weighted by Gasteiger charge is 2.08. The summed E-state index contributed by atoms with van der Waals surface area (Å²) >= 11 is 0. The minimum absolute atomic E-state index is 0.0963. The average Bonchev–Trinajstić information content (AvgIpc) is 2.32. The van der Waals surface area contributed by atoms with Gasteiger partial charge in [-0.3, -0.25) is 4.79 Å². The Balaban J connectivity index is 3.63. The van der Waals surface area contributed by atoms with Crippen LogP contribution in [0.15, 0.2) is 0 Å². The molecule has 0 aromatic carbocycles. The van der Waals surface area contributed by atoms with Crippen LogP contribution >= 0.6 is 0 Å². The summed E-state index contributed by atoms with van der Waals surface area (Å²) < 4.78 is 0. The second-order valence-electron chi connectivity index (χ2n) is 5.17. The number of carbonyl (C=O) groups excluding carboxylic acids is 1. The minimum atomic E-state index is 0.0963. The van der Waals surface area contributed by atoms with E-state index in [0.29, 0.717) is 12.6 Å². The van der Waals surface area contributed by atoms with Gasteiger partial charge in [-0.2, -0.15) is 0 Å². The van der Waals surface area contributed by atoms with E-state index in [1.54, 1.807) is 0 Å². The van der Waals surface area contributed by atoms with Gasteiger partial charge >= 0.3 is 0 Å². The van der Waals surface area contributed by atoms with E-state index in [-0.39, 0.29) is 11.9 Å². The lowest BCUT2D eigenvalue weighted by Crippen LogP contribution is -2.41. The zero-order valence-electron chi connectivity index (χ0n) is 12.8. The highest BCUT2D eigenvalue weighted by atomic mass is 16.1. The predicted molar refractivity (Wildman–Crippen MR) is 77.8 cm³/mol. The molecule has 0 radical (unpaired) electrons. The monoisotopic (exact) mass is 257 g/mol. The van der Waals surface area contributed by atoms with Crippen LogP contribution in [0.5, 0.6) is 0 Å². The summed E-state index contributed by atoms with van der Waals surface area (Å²) in [5.41, 5.74) is 0. The molecule has 1 amide bonds. The summed E-state index contributed by atoms with van der Waals surface area (Å²) in [6.07, 6.45) is 2.19. The van der Waals surface area contributed by atoms with Gasteiger partial charge in [-0.1, -0.05) is 27.7 Å². The van der Waals surface area contributed by atoms with E-state index in [1.807, 2.05) is 13.8 Å². The lowest BCUT2D eigenvalue weighted by Gasteiger charge is -2.20. The molecule has 2 N–H and O–H groups in total. The van der Waals surface area contributed by atoms with Gasteiger partial charge in [0.25, 0.3) is 0 Å². The number of nitrogens with one attached hydrogen (secondary N) is 2. The lowest BCUT2D eigenvalue weighted by atomic mass is 10.1. The molecule has 4 heteroatoms. The Morgan fingerprint density at radius 1 is 1.17 bits per heavy atom. The summed E-state index contributed by atoms with van der Waals surface area (Å²) in [6, 6.07) is 0.621. The molecule has 0 aliphatic heterocycles. The summed E-state index contributed by atoms with van der Waals surface area (Å²) in [6.45, 7) is 14.3. The number of hydrogen-bond donors (Lipinski definition) is 2. The van der Waals surface area contributed by atoms with Gasteiger partial charge in [-0.25, -0.2) is 0 Å². The van der Waals surface area contributed by atoms with Crippen molar-refractivity contribution in [3.8, 4) is 0 Å². The summed E-state index contributed by atoms with van der Waals surface area (Å²) in [5, 5.41) is 6.15. The molecule has 108 valence electrons. The number of rotatable bonds is 10. The fourth-order valence-electron chi connectivity index (χ4n) is 1.86. The molecule has 0 saturated carbocycles. The maximum absolute atomic E-state index is 11.6. The largest absolute Gasteiger partial charge is 0.353 e. The Bertz CT molecular complexity index is 215. The van der Waals surface area contributed by atoms with E-state index in [2.05, 4.69) is 36.3 Å². The van der Waals surface area contributed by atoms with Crippen molar-refractivity contribution in [2.75, 3.05) is 26.2 Å². The van der Waals surface area contributed by atoms with E-state index < -0.39 is 0 Å². The Morgan fingerprint density at radius 2 is 1.78 bits per heavy atom. The van der Waals surface area contributed by atoms with Crippen molar-refractivity contribution in [1.82, 2.24) is 15.5 Å². The number of carbonyl (C=O) groups is 1. The first kappa shape index (κ1) is 17.4. The fourth-order valence-corrected chi connectivity index (χ4v) is 1.86. The Hall–Kier alpha value is -0.610. The van der Waals surface area contributed by atoms with Gasteiger partial charge in [0.15, 0.2) is 0 Å². The van der Waals surface area contributed by atoms with Crippen molar-refractivity contribution in [2.24, 2.45) is 0 Å². The Labute approximate surface area is 113 Å². The molecule has 0 aromatic rings. The van der Waals surface area contributed by atoms with E-state index >= 15 is 0 Å². The zero-order chi connectivity index (χ0) is 14.0. The van der Waals surface area contributed by atoms with Crippen molar-refractivity contribution < 1.29 is 4.79 Å².